The van der Waals surface area contributed by atoms with Crippen LogP contribution in [-0.4, -0.2) is 23.6 Å². The zero-order chi connectivity index (χ0) is 16.8. The number of carbonyl (C=O) groups is 1. The molecule has 23 heavy (non-hydrogen) atoms. The van der Waals surface area contributed by atoms with Gasteiger partial charge in [-0.25, -0.2) is 0 Å². The highest BCUT2D eigenvalue weighted by Crippen LogP contribution is 2.18. The van der Waals surface area contributed by atoms with Gasteiger partial charge in [-0.05, 0) is 37.6 Å². The number of nitrogens with one attached hydrogen (secondary N) is 1. The molecule has 3 N–H and O–H groups in total. The fraction of sp³-hybridized carbons (Fsp3) is 0.412. The Morgan fingerprint density at radius 2 is 2.13 bits per heavy atom. The minimum absolute atomic E-state index is 0.160. The second-order valence-electron chi connectivity index (χ2n) is 5.48. The van der Waals surface area contributed by atoms with Crippen LogP contribution in [0, 0.1) is 0 Å². The standard InChI is InChI=1S/C17H22ClN3O2/c1-2-3-9-21-11-14(17(23)20-8-4-7-19)16(22)13-6-5-12(18)10-15(13)21/h5-6,10-11H,2-4,7-9,19H2,1H3,(H,20,23). The van der Waals surface area contributed by atoms with Crippen LogP contribution in [0.4, 0.5) is 0 Å². The summed E-state index contributed by atoms with van der Waals surface area (Å²) < 4.78 is 1.93. The summed E-state index contributed by atoms with van der Waals surface area (Å²) in [7, 11) is 0. The number of carbonyl (C=O) groups excluding carboxylic acids is 1. The first-order valence-electron chi connectivity index (χ1n) is 7.89. The van der Waals surface area contributed by atoms with Crippen molar-refractivity contribution in [1.29, 1.82) is 0 Å². The van der Waals surface area contributed by atoms with E-state index in [1.54, 1.807) is 24.4 Å². The second-order valence-corrected chi connectivity index (χ2v) is 5.91. The van der Waals surface area contributed by atoms with Crippen molar-refractivity contribution in [2.24, 2.45) is 5.73 Å². The maximum Gasteiger partial charge on any atom is 0.256 e. The fourth-order valence-corrected chi connectivity index (χ4v) is 2.60. The minimum atomic E-state index is -0.356. The minimum Gasteiger partial charge on any atom is -0.352 e. The molecule has 0 unspecified atom stereocenters. The van der Waals surface area contributed by atoms with Gasteiger partial charge in [0.15, 0.2) is 0 Å². The number of hydrogen-bond acceptors (Lipinski definition) is 3. The van der Waals surface area contributed by atoms with Crippen LogP contribution in [0.1, 0.15) is 36.5 Å². The highest BCUT2D eigenvalue weighted by atomic mass is 35.5. The van der Waals surface area contributed by atoms with Crippen LogP contribution in [-0.2, 0) is 6.54 Å². The third kappa shape index (κ3) is 4.12. The van der Waals surface area contributed by atoms with Crippen LogP contribution < -0.4 is 16.5 Å². The summed E-state index contributed by atoms with van der Waals surface area (Å²) >= 11 is 6.06. The Balaban J connectivity index is 2.49. The van der Waals surface area contributed by atoms with Gasteiger partial charge in [-0.15, -0.1) is 0 Å². The number of halogens is 1. The number of fused-ring (bicyclic) bond motifs is 1. The molecule has 0 aliphatic heterocycles. The van der Waals surface area contributed by atoms with E-state index in [2.05, 4.69) is 12.2 Å². The second kappa shape index (κ2) is 8.13. The summed E-state index contributed by atoms with van der Waals surface area (Å²) in [6, 6.07) is 5.12. The molecule has 0 aliphatic rings. The zero-order valence-electron chi connectivity index (χ0n) is 13.3. The van der Waals surface area contributed by atoms with Gasteiger partial charge >= 0.3 is 0 Å². The first-order valence-corrected chi connectivity index (χ1v) is 8.27. The Labute approximate surface area is 140 Å². The summed E-state index contributed by atoms with van der Waals surface area (Å²) in [5.74, 6) is -0.356. The van der Waals surface area contributed by atoms with E-state index in [0.29, 0.717) is 29.9 Å². The number of nitrogens with two attached hydrogens (primary N) is 1. The molecule has 124 valence electrons. The van der Waals surface area contributed by atoms with E-state index in [-0.39, 0.29) is 16.9 Å². The van der Waals surface area contributed by atoms with Gasteiger partial charge < -0.3 is 15.6 Å². The van der Waals surface area contributed by atoms with Gasteiger partial charge in [0.1, 0.15) is 5.56 Å². The van der Waals surface area contributed by atoms with Gasteiger partial charge in [0.25, 0.3) is 5.91 Å². The fourth-order valence-electron chi connectivity index (χ4n) is 2.44. The molecule has 0 spiro atoms. The number of benzene rings is 1. The molecule has 0 aliphatic carbocycles. The number of aryl methyl sites for hydroxylation is 1. The van der Waals surface area contributed by atoms with Crippen LogP contribution in [0.3, 0.4) is 0 Å². The molecule has 6 heteroatoms. The van der Waals surface area contributed by atoms with Gasteiger partial charge in [0.2, 0.25) is 5.43 Å². The Morgan fingerprint density at radius 3 is 2.83 bits per heavy atom. The Morgan fingerprint density at radius 1 is 1.35 bits per heavy atom. The lowest BCUT2D eigenvalue weighted by Crippen LogP contribution is -2.31. The third-order valence-corrected chi connectivity index (χ3v) is 3.94. The molecule has 1 heterocycles. The van der Waals surface area contributed by atoms with Crippen molar-refractivity contribution in [3.8, 4) is 0 Å². The third-order valence-electron chi connectivity index (χ3n) is 3.71. The molecule has 5 nitrogen and oxygen atoms in total. The summed E-state index contributed by atoms with van der Waals surface area (Å²) in [5.41, 5.74) is 6.07. The topological polar surface area (TPSA) is 77.1 Å². The van der Waals surface area contributed by atoms with E-state index >= 15 is 0 Å². The van der Waals surface area contributed by atoms with Crippen LogP contribution in [0.2, 0.25) is 5.02 Å². The lowest BCUT2D eigenvalue weighted by molar-refractivity contribution is 0.0952. The van der Waals surface area contributed by atoms with E-state index in [9.17, 15) is 9.59 Å². The van der Waals surface area contributed by atoms with Crippen LogP contribution in [0.25, 0.3) is 10.9 Å². The molecule has 0 radical (unpaired) electrons. The molecule has 0 saturated carbocycles. The van der Waals surface area contributed by atoms with Crippen molar-refractivity contribution < 1.29 is 4.79 Å². The van der Waals surface area contributed by atoms with Gasteiger partial charge in [-0.3, -0.25) is 9.59 Å². The number of amides is 1. The van der Waals surface area contributed by atoms with E-state index in [4.69, 9.17) is 17.3 Å². The van der Waals surface area contributed by atoms with E-state index in [1.807, 2.05) is 4.57 Å². The normalized spacial score (nSPS) is 10.9. The first-order chi connectivity index (χ1) is 11.1. The van der Waals surface area contributed by atoms with Crippen molar-refractivity contribution in [3.05, 3.63) is 45.2 Å². The van der Waals surface area contributed by atoms with Crippen LogP contribution >= 0.6 is 11.6 Å². The predicted molar refractivity (Wildman–Crippen MR) is 94.1 cm³/mol. The quantitative estimate of drug-likeness (QED) is 0.763. The number of aromatic nitrogens is 1. The SMILES string of the molecule is CCCCn1cc(C(=O)NCCCN)c(=O)c2ccc(Cl)cc21. The Bertz CT molecular complexity index is 755. The number of hydrogen-bond donors (Lipinski definition) is 2. The van der Waals surface area contributed by atoms with Gasteiger partial charge in [-0.1, -0.05) is 24.9 Å². The van der Waals surface area contributed by atoms with Gasteiger partial charge in [0.05, 0.1) is 5.52 Å². The number of nitrogens with zero attached hydrogens (tertiary/aromatic N) is 1. The maximum absolute atomic E-state index is 12.6. The molecule has 0 atom stereocenters. The highest BCUT2D eigenvalue weighted by Gasteiger charge is 2.15. The molecule has 2 rings (SSSR count). The molecular weight excluding hydrogens is 314 g/mol. The zero-order valence-corrected chi connectivity index (χ0v) is 14.0. The number of unbranched alkanes of at least 4 members (excludes halogenated alkanes) is 1. The molecule has 2 aromatic rings. The first kappa shape index (κ1) is 17.5. The molecule has 0 fully saturated rings. The van der Waals surface area contributed by atoms with Gasteiger partial charge in [0, 0.05) is 29.7 Å². The van der Waals surface area contributed by atoms with Crippen molar-refractivity contribution >= 4 is 28.4 Å². The molecule has 1 aromatic heterocycles. The summed E-state index contributed by atoms with van der Waals surface area (Å²) in [6.07, 6.45) is 4.29. The van der Waals surface area contributed by atoms with E-state index < -0.39 is 0 Å². The Hall–Kier alpha value is -1.85. The van der Waals surface area contributed by atoms with Crippen LogP contribution in [0.15, 0.2) is 29.2 Å². The van der Waals surface area contributed by atoms with Crippen LogP contribution in [0.5, 0.6) is 0 Å². The number of rotatable bonds is 7. The molecule has 0 bridgehead atoms. The number of pyridine rings is 1. The summed E-state index contributed by atoms with van der Waals surface area (Å²) in [4.78, 5) is 24.9. The van der Waals surface area contributed by atoms with Crippen molar-refractivity contribution in [3.63, 3.8) is 0 Å². The largest absolute Gasteiger partial charge is 0.352 e. The maximum atomic E-state index is 12.6. The predicted octanol–water partition coefficient (Wildman–Crippen LogP) is 2.53. The van der Waals surface area contributed by atoms with E-state index in [1.165, 1.54) is 0 Å². The van der Waals surface area contributed by atoms with Crippen molar-refractivity contribution in [2.75, 3.05) is 13.1 Å². The smallest absolute Gasteiger partial charge is 0.256 e. The summed E-state index contributed by atoms with van der Waals surface area (Å²) in [6.45, 7) is 3.79. The summed E-state index contributed by atoms with van der Waals surface area (Å²) in [5, 5.41) is 3.82. The van der Waals surface area contributed by atoms with E-state index in [0.717, 1.165) is 24.9 Å². The lowest BCUT2D eigenvalue weighted by atomic mass is 10.1. The van der Waals surface area contributed by atoms with Crippen molar-refractivity contribution in [1.82, 2.24) is 9.88 Å². The van der Waals surface area contributed by atoms with Gasteiger partial charge in [-0.2, -0.15) is 0 Å². The average Bonchev–Trinajstić information content (AvgIpc) is 2.54. The molecule has 1 aromatic carbocycles. The molecule has 1 amide bonds. The molecular formula is C17H22ClN3O2. The molecule has 0 saturated heterocycles. The van der Waals surface area contributed by atoms with Crippen molar-refractivity contribution in [2.45, 2.75) is 32.7 Å². The monoisotopic (exact) mass is 335 g/mol. The average molecular weight is 336 g/mol. The Kier molecular flexibility index (Phi) is 6.19. The highest BCUT2D eigenvalue weighted by molar-refractivity contribution is 6.31. The lowest BCUT2D eigenvalue weighted by Gasteiger charge is -2.13.